The van der Waals surface area contributed by atoms with Crippen LogP contribution in [0.3, 0.4) is 0 Å². The molecule has 0 unspecified atom stereocenters. The van der Waals surface area contributed by atoms with Crippen LogP contribution in [0.1, 0.15) is 28.7 Å². The van der Waals surface area contributed by atoms with E-state index in [0.717, 1.165) is 41.9 Å². The molecular weight excluding hydrogens is 380 g/mol. The van der Waals surface area contributed by atoms with Crippen molar-refractivity contribution < 1.29 is 9.47 Å². The average molecular weight is 409 g/mol. The van der Waals surface area contributed by atoms with E-state index in [4.69, 9.17) is 9.47 Å². The molecule has 4 rings (SSSR count). The van der Waals surface area contributed by atoms with E-state index in [0.29, 0.717) is 13.2 Å². The van der Waals surface area contributed by atoms with Gasteiger partial charge in [0.25, 0.3) is 0 Å². The largest absolute Gasteiger partial charge is 0.489 e. The van der Waals surface area contributed by atoms with E-state index in [2.05, 4.69) is 66.7 Å². The third-order valence-electron chi connectivity index (χ3n) is 5.28. The zero-order valence-electron chi connectivity index (χ0n) is 17.7. The number of hydrogen-bond acceptors (Lipinski definition) is 2. The number of benzene rings is 4. The van der Waals surface area contributed by atoms with Crippen molar-refractivity contribution in [3.05, 3.63) is 131 Å². The molecule has 0 amide bonds. The van der Waals surface area contributed by atoms with Crippen LogP contribution in [-0.2, 0) is 26.1 Å². The predicted molar refractivity (Wildman–Crippen MR) is 126 cm³/mol. The van der Waals surface area contributed by atoms with Crippen molar-refractivity contribution in [1.82, 2.24) is 0 Å². The van der Waals surface area contributed by atoms with Crippen molar-refractivity contribution in [3.63, 3.8) is 0 Å². The first-order valence-corrected chi connectivity index (χ1v) is 10.9. The van der Waals surface area contributed by atoms with Crippen LogP contribution in [-0.4, -0.2) is 0 Å². The molecule has 0 aliphatic carbocycles. The highest BCUT2D eigenvalue weighted by Crippen LogP contribution is 2.28. The summed E-state index contributed by atoms with van der Waals surface area (Å²) >= 11 is 0. The lowest BCUT2D eigenvalue weighted by atomic mass is 10.0. The van der Waals surface area contributed by atoms with Gasteiger partial charge in [-0.15, -0.1) is 0 Å². The Labute approximate surface area is 185 Å². The highest BCUT2D eigenvalue weighted by Gasteiger charge is 2.08. The van der Waals surface area contributed by atoms with Crippen LogP contribution in [0.5, 0.6) is 11.5 Å². The molecule has 2 heteroatoms. The van der Waals surface area contributed by atoms with Crippen LogP contribution in [0.4, 0.5) is 0 Å². The van der Waals surface area contributed by atoms with Crippen LogP contribution in [0, 0.1) is 0 Å². The van der Waals surface area contributed by atoms with Gasteiger partial charge in [-0.05, 0) is 47.6 Å². The van der Waals surface area contributed by atoms with Crippen LogP contribution < -0.4 is 9.47 Å². The molecule has 0 radical (unpaired) electrons. The smallest absolute Gasteiger partial charge is 0.126 e. The summed E-state index contributed by atoms with van der Waals surface area (Å²) in [6.07, 6.45) is 3.11. The standard InChI is InChI=1S/C29H28O2/c1-4-11-24(12-5-1)17-10-18-27-19-20-28(30-22-25-13-6-2-7-14-25)21-29(27)31-23-26-15-8-3-9-16-26/h1-9,11-16,19-21H,10,17-18,22-23H2. The van der Waals surface area contributed by atoms with Gasteiger partial charge in [-0.1, -0.05) is 97.1 Å². The zero-order chi connectivity index (χ0) is 21.1. The summed E-state index contributed by atoms with van der Waals surface area (Å²) in [7, 11) is 0. The van der Waals surface area contributed by atoms with Gasteiger partial charge in [-0.25, -0.2) is 0 Å². The third-order valence-corrected chi connectivity index (χ3v) is 5.28. The van der Waals surface area contributed by atoms with Gasteiger partial charge in [0.1, 0.15) is 24.7 Å². The minimum Gasteiger partial charge on any atom is -0.489 e. The van der Waals surface area contributed by atoms with Gasteiger partial charge >= 0.3 is 0 Å². The zero-order valence-corrected chi connectivity index (χ0v) is 17.7. The molecule has 0 bridgehead atoms. The van der Waals surface area contributed by atoms with Gasteiger partial charge in [0.05, 0.1) is 0 Å². The molecule has 0 saturated heterocycles. The van der Waals surface area contributed by atoms with Crippen molar-refractivity contribution in [2.24, 2.45) is 0 Å². The lowest BCUT2D eigenvalue weighted by Gasteiger charge is -2.14. The van der Waals surface area contributed by atoms with E-state index in [9.17, 15) is 0 Å². The summed E-state index contributed by atoms with van der Waals surface area (Å²) < 4.78 is 12.3. The van der Waals surface area contributed by atoms with Crippen molar-refractivity contribution in [3.8, 4) is 11.5 Å². The second-order valence-corrected chi connectivity index (χ2v) is 7.66. The first-order chi connectivity index (χ1) is 15.4. The normalized spacial score (nSPS) is 10.6. The van der Waals surface area contributed by atoms with E-state index in [-0.39, 0.29) is 0 Å². The molecule has 2 nitrogen and oxygen atoms in total. The van der Waals surface area contributed by atoms with Gasteiger partial charge in [-0.2, -0.15) is 0 Å². The molecule has 0 N–H and O–H groups in total. The molecule has 0 aliphatic heterocycles. The van der Waals surface area contributed by atoms with Crippen LogP contribution in [0.2, 0.25) is 0 Å². The Bertz CT molecular complexity index is 1040. The molecule has 0 aromatic heterocycles. The monoisotopic (exact) mass is 408 g/mol. The molecule has 0 spiro atoms. The lowest BCUT2D eigenvalue weighted by molar-refractivity contribution is 0.287. The van der Waals surface area contributed by atoms with Gasteiger partial charge in [-0.3, -0.25) is 0 Å². The molecule has 0 aliphatic rings. The quantitative estimate of drug-likeness (QED) is 0.281. The summed E-state index contributed by atoms with van der Waals surface area (Å²) in [5.74, 6) is 1.74. The first kappa shape index (κ1) is 20.7. The van der Waals surface area contributed by atoms with Gasteiger partial charge < -0.3 is 9.47 Å². The Morgan fingerprint density at radius 1 is 0.484 bits per heavy atom. The van der Waals surface area contributed by atoms with Gasteiger partial charge in [0.15, 0.2) is 0 Å². The Balaban J connectivity index is 1.44. The lowest BCUT2D eigenvalue weighted by Crippen LogP contribution is -2.01. The van der Waals surface area contributed by atoms with E-state index >= 15 is 0 Å². The Kier molecular flexibility index (Phi) is 7.38. The minimum absolute atomic E-state index is 0.548. The second-order valence-electron chi connectivity index (χ2n) is 7.66. The molecule has 0 fully saturated rings. The molecule has 0 atom stereocenters. The average Bonchev–Trinajstić information content (AvgIpc) is 2.84. The van der Waals surface area contributed by atoms with E-state index in [1.807, 2.05) is 42.5 Å². The van der Waals surface area contributed by atoms with E-state index in [1.165, 1.54) is 11.1 Å². The fraction of sp³-hybridized carbons (Fsp3) is 0.172. The maximum absolute atomic E-state index is 6.24. The Morgan fingerprint density at radius 2 is 1.03 bits per heavy atom. The topological polar surface area (TPSA) is 18.5 Å². The number of rotatable bonds is 10. The number of hydrogen-bond donors (Lipinski definition) is 0. The molecular formula is C29H28O2. The molecule has 156 valence electrons. The maximum Gasteiger partial charge on any atom is 0.126 e. The van der Waals surface area contributed by atoms with Crippen molar-refractivity contribution in [2.75, 3.05) is 0 Å². The summed E-state index contributed by atoms with van der Waals surface area (Å²) in [6.45, 7) is 1.10. The first-order valence-electron chi connectivity index (χ1n) is 10.9. The number of aryl methyl sites for hydroxylation is 2. The van der Waals surface area contributed by atoms with Gasteiger partial charge in [0.2, 0.25) is 0 Å². The second kappa shape index (κ2) is 11.0. The predicted octanol–water partition coefficient (Wildman–Crippen LogP) is 7.02. The maximum atomic E-state index is 6.24. The molecule has 0 saturated carbocycles. The fourth-order valence-electron chi connectivity index (χ4n) is 3.57. The molecule has 0 heterocycles. The summed E-state index contributed by atoms with van der Waals surface area (Å²) in [6, 6.07) is 37.4. The summed E-state index contributed by atoms with van der Waals surface area (Å²) in [5, 5.41) is 0. The highest BCUT2D eigenvalue weighted by molar-refractivity contribution is 5.41. The van der Waals surface area contributed by atoms with Crippen molar-refractivity contribution in [2.45, 2.75) is 32.5 Å². The summed E-state index contributed by atoms with van der Waals surface area (Å²) in [5.41, 5.74) is 4.91. The molecule has 4 aromatic carbocycles. The van der Waals surface area contributed by atoms with Gasteiger partial charge in [0, 0.05) is 6.07 Å². The van der Waals surface area contributed by atoms with Crippen LogP contribution in [0.25, 0.3) is 0 Å². The Morgan fingerprint density at radius 3 is 1.65 bits per heavy atom. The third kappa shape index (κ3) is 6.48. The fourth-order valence-corrected chi connectivity index (χ4v) is 3.57. The minimum atomic E-state index is 0.548. The number of ether oxygens (including phenoxy) is 2. The van der Waals surface area contributed by atoms with Crippen molar-refractivity contribution in [1.29, 1.82) is 0 Å². The highest BCUT2D eigenvalue weighted by atomic mass is 16.5. The van der Waals surface area contributed by atoms with E-state index < -0.39 is 0 Å². The van der Waals surface area contributed by atoms with E-state index in [1.54, 1.807) is 0 Å². The molecule has 31 heavy (non-hydrogen) atoms. The summed E-state index contributed by atoms with van der Waals surface area (Å²) in [4.78, 5) is 0. The van der Waals surface area contributed by atoms with Crippen LogP contribution >= 0.6 is 0 Å². The molecule has 4 aromatic rings. The van der Waals surface area contributed by atoms with Crippen molar-refractivity contribution >= 4 is 0 Å². The SMILES string of the molecule is c1ccc(CCCc2ccc(OCc3ccccc3)cc2OCc2ccccc2)cc1. The van der Waals surface area contributed by atoms with Crippen LogP contribution in [0.15, 0.2) is 109 Å². The Hall–Kier alpha value is -3.52.